The van der Waals surface area contributed by atoms with Crippen LogP contribution in [-0.2, 0) is 17.8 Å². The molecule has 2 aromatic carbocycles. The molecule has 1 N–H and O–H groups in total. The van der Waals surface area contributed by atoms with Crippen LogP contribution in [-0.4, -0.2) is 18.8 Å². The lowest BCUT2D eigenvalue weighted by Crippen LogP contribution is -1.96. The van der Waals surface area contributed by atoms with E-state index in [2.05, 4.69) is 32.0 Å². The summed E-state index contributed by atoms with van der Waals surface area (Å²) in [6.45, 7) is 4.98. The van der Waals surface area contributed by atoms with E-state index in [-0.39, 0.29) is 6.61 Å². The number of aryl methyl sites for hydroxylation is 2. The molecule has 0 saturated heterocycles. The fourth-order valence-electron chi connectivity index (χ4n) is 3.30. The summed E-state index contributed by atoms with van der Waals surface area (Å²) in [5.41, 5.74) is 7.77. The van der Waals surface area contributed by atoms with Gasteiger partial charge in [-0.2, -0.15) is 0 Å². The number of methoxy groups -OCH3 is 1. The van der Waals surface area contributed by atoms with E-state index >= 15 is 0 Å². The van der Waals surface area contributed by atoms with Gasteiger partial charge in [-0.25, -0.2) is 0 Å². The predicted octanol–water partition coefficient (Wildman–Crippen LogP) is 4.40. The molecule has 0 spiro atoms. The van der Waals surface area contributed by atoms with Crippen LogP contribution in [0.1, 0.15) is 22.3 Å². The van der Waals surface area contributed by atoms with Crippen molar-refractivity contribution in [2.24, 2.45) is 0 Å². The van der Waals surface area contributed by atoms with Gasteiger partial charge in [0.25, 0.3) is 0 Å². The van der Waals surface area contributed by atoms with Gasteiger partial charge in [0.2, 0.25) is 0 Å². The lowest BCUT2D eigenvalue weighted by molar-refractivity contribution is 0.202. The first-order chi connectivity index (χ1) is 11.2. The Morgan fingerprint density at radius 3 is 2.74 bits per heavy atom. The zero-order valence-electron chi connectivity index (χ0n) is 13.8. The van der Waals surface area contributed by atoms with Gasteiger partial charge in [0.1, 0.15) is 5.58 Å². The van der Waals surface area contributed by atoms with Crippen molar-refractivity contribution >= 4 is 11.0 Å². The summed E-state index contributed by atoms with van der Waals surface area (Å²) in [7, 11) is 1.71. The van der Waals surface area contributed by atoms with Gasteiger partial charge in [0.15, 0.2) is 0 Å². The first kappa shape index (κ1) is 15.8. The third kappa shape index (κ3) is 2.90. The molecular weight excluding hydrogens is 288 g/mol. The molecule has 120 valence electrons. The number of furan rings is 1. The monoisotopic (exact) mass is 310 g/mol. The SMILES string of the molecule is COCCc1coc2cc(C)c(-c3cccc(CO)c3)c(C)c12. The number of fused-ring (bicyclic) bond motifs is 1. The van der Waals surface area contributed by atoms with Crippen molar-refractivity contribution in [3.8, 4) is 11.1 Å². The lowest BCUT2D eigenvalue weighted by atomic mass is 9.91. The van der Waals surface area contributed by atoms with Crippen molar-refractivity contribution in [2.75, 3.05) is 13.7 Å². The van der Waals surface area contributed by atoms with E-state index in [1.165, 1.54) is 27.6 Å². The van der Waals surface area contributed by atoms with E-state index in [0.29, 0.717) is 6.61 Å². The first-order valence-electron chi connectivity index (χ1n) is 7.85. The standard InChI is InChI=1S/C20H22O3/c1-13-9-18-20(17(12-23-18)7-8-22-3)14(2)19(13)16-6-4-5-15(10-16)11-21/h4-6,9-10,12,21H,7-8,11H2,1-3H3. The average Bonchev–Trinajstić information content (AvgIpc) is 2.96. The molecule has 0 fully saturated rings. The molecule has 0 saturated carbocycles. The summed E-state index contributed by atoms with van der Waals surface area (Å²) in [4.78, 5) is 0. The Hall–Kier alpha value is -2.10. The van der Waals surface area contributed by atoms with E-state index in [1.807, 2.05) is 18.4 Å². The van der Waals surface area contributed by atoms with Gasteiger partial charge < -0.3 is 14.3 Å². The third-order valence-corrected chi connectivity index (χ3v) is 4.36. The smallest absolute Gasteiger partial charge is 0.134 e. The van der Waals surface area contributed by atoms with E-state index in [1.54, 1.807) is 7.11 Å². The maximum Gasteiger partial charge on any atom is 0.134 e. The highest BCUT2D eigenvalue weighted by molar-refractivity contribution is 5.92. The predicted molar refractivity (Wildman–Crippen MR) is 92.6 cm³/mol. The van der Waals surface area contributed by atoms with Crippen LogP contribution in [0.15, 0.2) is 41.0 Å². The molecule has 3 rings (SSSR count). The van der Waals surface area contributed by atoms with Crippen LogP contribution in [0.25, 0.3) is 22.1 Å². The highest BCUT2D eigenvalue weighted by atomic mass is 16.5. The lowest BCUT2D eigenvalue weighted by Gasteiger charge is -2.13. The maximum absolute atomic E-state index is 9.40. The van der Waals surface area contributed by atoms with Crippen molar-refractivity contribution in [3.05, 3.63) is 58.8 Å². The second-order valence-corrected chi connectivity index (χ2v) is 5.93. The minimum absolute atomic E-state index is 0.0545. The van der Waals surface area contributed by atoms with Gasteiger partial charge in [-0.15, -0.1) is 0 Å². The molecule has 3 nitrogen and oxygen atoms in total. The molecule has 0 unspecified atom stereocenters. The normalized spacial score (nSPS) is 11.3. The van der Waals surface area contributed by atoms with Crippen molar-refractivity contribution in [1.82, 2.24) is 0 Å². The summed E-state index contributed by atoms with van der Waals surface area (Å²) in [6.07, 6.45) is 2.67. The van der Waals surface area contributed by atoms with Crippen molar-refractivity contribution < 1.29 is 14.3 Å². The van der Waals surface area contributed by atoms with Crippen LogP contribution in [0.3, 0.4) is 0 Å². The first-order valence-corrected chi connectivity index (χ1v) is 7.85. The summed E-state index contributed by atoms with van der Waals surface area (Å²) < 4.78 is 11.0. The largest absolute Gasteiger partial charge is 0.464 e. The molecule has 23 heavy (non-hydrogen) atoms. The molecule has 3 aromatic rings. The van der Waals surface area contributed by atoms with Crippen LogP contribution >= 0.6 is 0 Å². The minimum atomic E-state index is 0.0545. The Bertz CT molecular complexity index is 830. The molecule has 0 aliphatic heterocycles. The zero-order valence-corrected chi connectivity index (χ0v) is 13.8. The summed E-state index contributed by atoms with van der Waals surface area (Å²) >= 11 is 0. The molecule has 1 aromatic heterocycles. The van der Waals surface area contributed by atoms with Gasteiger partial charge in [-0.05, 0) is 60.2 Å². The fourth-order valence-corrected chi connectivity index (χ4v) is 3.30. The maximum atomic E-state index is 9.40. The second kappa shape index (κ2) is 6.57. The summed E-state index contributed by atoms with van der Waals surface area (Å²) in [6, 6.07) is 10.2. The number of hydrogen-bond donors (Lipinski definition) is 1. The zero-order chi connectivity index (χ0) is 16.4. The molecule has 0 aliphatic rings. The molecule has 3 heteroatoms. The van der Waals surface area contributed by atoms with E-state index in [0.717, 1.165) is 23.1 Å². The van der Waals surface area contributed by atoms with Crippen LogP contribution in [0.5, 0.6) is 0 Å². The highest BCUT2D eigenvalue weighted by Gasteiger charge is 2.15. The number of aliphatic hydroxyl groups is 1. The average molecular weight is 310 g/mol. The number of aliphatic hydroxyl groups excluding tert-OH is 1. The van der Waals surface area contributed by atoms with Crippen molar-refractivity contribution in [2.45, 2.75) is 26.9 Å². The fraction of sp³-hybridized carbons (Fsp3) is 0.300. The Morgan fingerprint density at radius 1 is 1.17 bits per heavy atom. The second-order valence-electron chi connectivity index (χ2n) is 5.93. The van der Waals surface area contributed by atoms with Crippen LogP contribution in [0.2, 0.25) is 0 Å². The third-order valence-electron chi connectivity index (χ3n) is 4.36. The Morgan fingerprint density at radius 2 is 2.00 bits per heavy atom. The Balaban J connectivity index is 2.19. The van der Waals surface area contributed by atoms with E-state index in [4.69, 9.17) is 9.15 Å². The van der Waals surface area contributed by atoms with Gasteiger partial charge >= 0.3 is 0 Å². The quantitative estimate of drug-likeness (QED) is 0.759. The van der Waals surface area contributed by atoms with Crippen LogP contribution in [0, 0.1) is 13.8 Å². The van der Waals surface area contributed by atoms with E-state index in [9.17, 15) is 5.11 Å². The van der Waals surface area contributed by atoms with Gasteiger partial charge in [-0.1, -0.05) is 18.2 Å². The summed E-state index contributed by atoms with van der Waals surface area (Å²) in [5.74, 6) is 0. The van der Waals surface area contributed by atoms with Gasteiger partial charge in [0.05, 0.1) is 19.5 Å². The van der Waals surface area contributed by atoms with Gasteiger partial charge in [-0.3, -0.25) is 0 Å². The molecule has 1 heterocycles. The number of hydrogen-bond acceptors (Lipinski definition) is 3. The number of benzene rings is 2. The van der Waals surface area contributed by atoms with Crippen molar-refractivity contribution in [1.29, 1.82) is 0 Å². The molecule has 0 aliphatic carbocycles. The van der Waals surface area contributed by atoms with Crippen LogP contribution in [0.4, 0.5) is 0 Å². The molecule has 0 radical (unpaired) electrons. The number of rotatable bonds is 5. The van der Waals surface area contributed by atoms with E-state index < -0.39 is 0 Å². The molecule has 0 atom stereocenters. The van der Waals surface area contributed by atoms with Crippen LogP contribution < -0.4 is 0 Å². The minimum Gasteiger partial charge on any atom is -0.464 e. The van der Waals surface area contributed by atoms with Crippen molar-refractivity contribution in [3.63, 3.8) is 0 Å². The summed E-state index contributed by atoms with van der Waals surface area (Å²) in [5, 5.41) is 10.6. The van der Waals surface area contributed by atoms with Gasteiger partial charge in [0, 0.05) is 18.1 Å². The molecule has 0 amide bonds. The number of ether oxygens (including phenoxy) is 1. The molecular formula is C20H22O3. The Labute approximate surface area is 136 Å². The highest BCUT2D eigenvalue weighted by Crippen LogP contribution is 2.36. The topological polar surface area (TPSA) is 42.6 Å². The Kier molecular flexibility index (Phi) is 4.51. The molecule has 0 bridgehead atoms.